The van der Waals surface area contributed by atoms with E-state index in [2.05, 4.69) is 17.0 Å². The van der Waals surface area contributed by atoms with E-state index in [1.165, 1.54) is 17.0 Å². The highest BCUT2D eigenvalue weighted by Crippen LogP contribution is 2.06. The third kappa shape index (κ3) is 3.30. The molecular weight excluding hydrogens is 313 g/mol. The fraction of sp³-hybridized carbons (Fsp3) is 0.312. The second-order valence-corrected chi connectivity index (χ2v) is 6.23. The third-order valence-electron chi connectivity index (χ3n) is 3.71. The Kier molecular flexibility index (Phi) is 4.23. The number of hydrogen-bond donors (Lipinski definition) is 1. The summed E-state index contributed by atoms with van der Waals surface area (Å²) in [5, 5.41) is 0. The molecule has 0 spiro atoms. The Balaban J connectivity index is 1.87. The van der Waals surface area contributed by atoms with Gasteiger partial charge in [-0.1, -0.05) is 12.1 Å². The third-order valence-corrected chi connectivity index (χ3v) is 4.02. The van der Waals surface area contributed by atoms with Crippen molar-refractivity contribution in [2.45, 2.75) is 27.1 Å². The molecule has 0 amide bonds. The molecule has 0 aliphatic carbocycles. The maximum atomic E-state index is 13.0. The number of hydrogen-bond acceptors (Lipinski definition) is 3. The van der Waals surface area contributed by atoms with E-state index in [9.17, 15) is 4.39 Å². The topological polar surface area (TPSA) is 39.6 Å². The van der Waals surface area contributed by atoms with Crippen LogP contribution in [-0.2, 0) is 13.2 Å². The molecule has 1 atom stereocenters. The fourth-order valence-electron chi connectivity index (χ4n) is 2.76. The van der Waals surface area contributed by atoms with E-state index < -0.39 is 0 Å². The molecule has 2 heterocycles. The van der Waals surface area contributed by atoms with Crippen LogP contribution in [0.15, 0.2) is 30.3 Å². The molecule has 0 saturated carbocycles. The van der Waals surface area contributed by atoms with E-state index in [1.54, 1.807) is 0 Å². The van der Waals surface area contributed by atoms with Crippen molar-refractivity contribution in [2.24, 2.45) is 0 Å². The SMILES string of the molecule is Cc1cc(C)n2c(n1)nc(=S)n2C[NH+](C)Cc1ccc(F)cc1. The number of aromatic nitrogens is 4. The van der Waals surface area contributed by atoms with Crippen LogP contribution in [0.25, 0.3) is 5.78 Å². The lowest BCUT2D eigenvalue weighted by atomic mass is 10.2. The van der Waals surface area contributed by atoms with Crippen LogP contribution in [0.5, 0.6) is 0 Å². The minimum absolute atomic E-state index is 0.215. The van der Waals surface area contributed by atoms with Crippen LogP contribution in [0.4, 0.5) is 4.39 Å². The number of benzene rings is 1. The van der Waals surface area contributed by atoms with Gasteiger partial charge in [0.15, 0.2) is 6.67 Å². The quantitative estimate of drug-likeness (QED) is 0.739. The van der Waals surface area contributed by atoms with Crippen molar-refractivity contribution in [3.8, 4) is 0 Å². The number of nitrogens with one attached hydrogen (secondary N) is 1. The van der Waals surface area contributed by atoms with Crippen LogP contribution in [0.1, 0.15) is 17.0 Å². The zero-order valence-electron chi connectivity index (χ0n) is 13.4. The van der Waals surface area contributed by atoms with Gasteiger partial charge in [0.2, 0.25) is 4.77 Å². The highest BCUT2D eigenvalue weighted by Gasteiger charge is 2.12. The standard InChI is InChI=1S/C16H18FN5S/c1-11-8-12(2)22-15(18-11)19-16(23)21(22)10-20(3)9-13-4-6-14(17)7-5-13/h4-8H,9-10H2,1-3H3/p+1. The number of rotatable bonds is 4. The molecule has 7 heteroatoms. The molecule has 1 aromatic carbocycles. The Morgan fingerprint density at radius 2 is 1.87 bits per heavy atom. The zero-order valence-corrected chi connectivity index (χ0v) is 14.2. The van der Waals surface area contributed by atoms with Gasteiger partial charge in [-0.25, -0.2) is 18.6 Å². The summed E-state index contributed by atoms with van der Waals surface area (Å²) in [6.07, 6.45) is 0. The van der Waals surface area contributed by atoms with Crippen molar-refractivity contribution < 1.29 is 9.29 Å². The van der Waals surface area contributed by atoms with Crippen molar-refractivity contribution in [3.05, 3.63) is 57.9 Å². The minimum atomic E-state index is -0.215. The predicted molar refractivity (Wildman–Crippen MR) is 88.3 cm³/mol. The molecule has 3 aromatic rings. The lowest BCUT2D eigenvalue weighted by Crippen LogP contribution is -3.07. The van der Waals surface area contributed by atoms with Crippen molar-refractivity contribution in [2.75, 3.05) is 7.05 Å². The highest BCUT2D eigenvalue weighted by molar-refractivity contribution is 7.71. The molecule has 1 unspecified atom stereocenters. The Labute approximate surface area is 139 Å². The summed E-state index contributed by atoms with van der Waals surface area (Å²) >= 11 is 5.38. The summed E-state index contributed by atoms with van der Waals surface area (Å²) < 4.78 is 17.4. The van der Waals surface area contributed by atoms with E-state index in [-0.39, 0.29) is 5.82 Å². The highest BCUT2D eigenvalue weighted by atomic mass is 32.1. The molecule has 2 aromatic heterocycles. The van der Waals surface area contributed by atoms with Gasteiger partial charge in [0.05, 0.1) is 7.05 Å². The van der Waals surface area contributed by atoms with Crippen molar-refractivity contribution in [3.63, 3.8) is 0 Å². The normalized spacial score (nSPS) is 12.7. The Bertz CT molecular complexity index is 897. The molecule has 0 aliphatic rings. The van der Waals surface area contributed by atoms with E-state index in [0.717, 1.165) is 23.5 Å². The van der Waals surface area contributed by atoms with Gasteiger partial charge in [0, 0.05) is 17.0 Å². The summed E-state index contributed by atoms with van der Waals surface area (Å²) in [7, 11) is 2.07. The molecule has 3 rings (SSSR count). The van der Waals surface area contributed by atoms with Crippen LogP contribution in [-0.4, -0.2) is 26.2 Å². The minimum Gasteiger partial charge on any atom is -0.315 e. The summed E-state index contributed by atoms with van der Waals surface area (Å²) in [5.74, 6) is 0.412. The number of quaternary nitrogens is 1. The first-order chi connectivity index (χ1) is 10.9. The largest absolute Gasteiger partial charge is 0.315 e. The van der Waals surface area contributed by atoms with Crippen LogP contribution < -0.4 is 4.90 Å². The Morgan fingerprint density at radius 3 is 2.57 bits per heavy atom. The van der Waals surface area contributed by atoms with E-state index in [1.807, 2.05) is 41.2 Å². The number of nitrogens with zero attached hydrogens (tertiary/aromatic N) is 4. The monoisotopic (exact) mass is 332 g/mol. The molecule has 5 nitrogen and oxygen atoms in total. The lowest BCUT2D eigenvalue weighted by molar-refractivity contribution is -0.917. The van der Waals surface area contributed by atoms with Gasteiger partial charge in [-0.15, -0.1) is 0 Å². The molecule has 23 heavy (non-hydrogen) atoms. The first kappa shape index (κ1) is 15.8. The average molecular weight is 332 g/mol. The van der Waals surface area contributed by atoms with Gasteiger partial charge in [-0.3, -0.25) is 0 Å². The molecule has 0 aliphatic heterocycles. The number of fused-ring (bicyclic) bond motifs is 1. The molecule has 0 bridgehead atoms. The first-order valence-electron chi connectivity index (χ1n) is 7.43. The molecule has 1 N–H and O–H groups in total. The smallest absolute Gasteiger partial charge is 0.252 e. The lowest BCUT2D eigenvalue weighted by Gasteiger charge is -2.16. The van der Waals surface area contributed by atoms with E-state index in [0.29, 0.717) is 17.2 Å². The maximum Gasteiger partial charge on any atom is 0.252 e. The van der Waals surface area contributed by atoms with E-state index in [4.69, 9.17) is 12.2 Å². The van der Waals surface area contributed by atoms with Crippen molar-refractivity contribution in [1.29, 1.82) is 0 Å². The summed E-state index contributed by atoms with van der Waals surface area (Å²) in [6, 6.07) is 8.60. The van der Waals surface area contributed by atoms with Crippen LogP contribution >= 0.6 is 12.2 Å². The molecular formula is C16H19FN5S+. The van der Waals surface area contributed by atoms with Crippen molar-refractivity contribution in [1.82, 2.24) is 19.2 Å². The second-order valence-electron chi connectivity index (χ2n) is 5.86. The van der Waals surface area contributed by atoms with Gasteiger partial charge < -0.3 is 4.90 Å². The number of halogens is 1. The van der Waals surface area contributed by atoms with Gasteiger partial charge >= 0.3 is 0 Å². The first-order valence-corrected chi connectivity index (χ1v) is 7.84. The Hall–Kier alpha value is -2.12. The predicted octanol–water partition coefficient (Wildman–Crippen LogP) is 1.69. The molecule has 120 valence electrons. The fourth-order valence-corrected chi connectivity index (χ4v) is 2.99. The van der Waals surface area contributed by atoms with Crippen LogP contribution in [0.3, 0.4) is 0 Å². The summed E-state index contributed by atoms with van der Waals surface area (Å²) in [6.45, 7) is 5.39. The molecule has 0 fully saturated rings. The van der Waals surface area contributed by atoms with Gasteiger partial charge in [-0.2, -0.15) is 4.98 Å². The molecule has 0 radical (unpaired) electrons. The van der Waals surface area contributed by atoms with E-state index >= 15 is 0 Å². The van der Waals surface area contributed by atoms with Gasteiger partial charge in [0.1, 0.15) is 12.4 Å². The van der Waals surface area contributed by atoms with Crippen molar-refractivity contribution >= 4 is 18.0 Å². The van der Waals surface area contributed by atoms with Crippen LogP contribution in [0, 0.1) is 24.4 Å². The second kappa shape index (κ2) is 6.17. The summed E-state index contributed by atoms with van der Waals surface area (Å²) in [5.41, 5.74) is 3.05. The Morgan fingerprint density at radius 1 is 1.17 bits per heavy atom. The average Bonchev–Trinajstić information content (AvgIpc) is 2.77. The van der Waals surface area contributed by atoms with Crippen LogP contribution in [0.2, 0.25) is 0 Å². The van der Waals surface area contributed by atoms with Gasteiger partial charge in [-0.05, 0) is 44.3 Å². The summed E-state index contributed by atoms with van der Waals surface area (Å²) in [4.78, 5) is 10.0. The number of aryl methyl sites for hydroxylation is 2. The van der Waals surface area contributed by atoms with Gasteiger partial charge in [0.25, 0.3) is 5.78 Å². The molecule has 0 saturated heterocycles. The zero-order chi connectivity index (χ0) is 16.6. The maximum absolute atomic E-state index is 13.0.